The molecular formula is C15H13N2O5. The minimum Gasteiger partial charge on any atom is -0.494 e. The number of nitrogens with zero attached hydrogens (tertiary/aromatic N) is 2. The van der Waals surface area contributed by atoms with Crippen LogP contribution in [0.25, 0.3) is 0 Å². The number of methoxy groups -OCH3 is 1. The highest BCUT2D eigenvalue weighted by atomic mass is 16.5. The first-order chi connectivity index (χ1) is 10.5. The van der Waals surface area contributed by atoms with E-state index in [0.29, 0.717) is 0 Å². The van der Waals surface area contributed by atoms with Gasteiger partial charge in [-0.15, -0.1) is 0 Å². The Bertz CT molecular complexity index is 665. The van der Waals surface area contributed by atoms with Gasteiger partial charge in [0.1, 0.15) is 11.4 Å². The molecule has 7 heteroatoms. The summed E-state index contributed by atoms with van der Waals surface area (Å²) in [6.45, 7) is 0. The van der Waals surface area contributed by atoms with Crippen molar-refractivity contribution < 1.29 is 23.9 Å². The predicted molar refractivity (Wildman–Crippen MR) is 75.3 cm³/mol. The largest absolute Gasteiger partial charge is 0.494 e. The van der Waals surface area contributed by atoms with Crippen LogP contribution in [-0.4, -0.2) is 30.7 Å². The van der Waals surface area contributed by atoms with E-state index in [-0.39, 0.29) is 66.4 Å². The molecule has 113 valence electrons. The van der Waals surface area contributed by atoms with E-state index in [1.807, 2.05) is 0 Å². The van der Waals surface area contributed by atoms with Crippen molar-refractivity contribution in [3.8, 4) is 5.75 Å². The highest BCUT2D eigenvalue weighted by Gasteiger charge is 2.39. The highest BCUT2D eigenvalue weighted by molar-refractivity contribution is 6.26. The molecule has 2 aliphatic heterocycles. The van der Waals surface area contributed by atoms with Crippen LogP contribution in [0.4, 0.5) is 11.4 Å². The van der Waals surface area contributed by atoms with Crippen molar-refractivity contribution in [3.63, 3.8) is 0 Å². The monoisotopic (exact) mass is 301 g/mol. The van der Waals surface area contributed by atoms with E-state index in [4.69, 9.17) is 4.74 Å². The van der Waals surface area contributed by atoms with Gasteiger partial charge >= 0.3 is 0 Å². The molecule has 0 N–H and O–H groups in total. The Labute approximate surface area is 126 Å². The lowest BCUT2D eigenvalue weighted by atomic mass is 10.2. The number of carbonyl (C=O) groups excluding carboxylic acids is 4. The Morgan fingerprint density at radius 1 is 0.909 bits per heavy atom. The Kier molecular flexibility index (Phi) is 3.40. The normalized spacial score (nSPS) is 18.6. The summed E-state index contributed by atoms with van der Waals surface area (Å²) in [4.78, 5) is 49.9. The molecule has 0 unspecified atom stereocenters. The maximum atomic E-state index is 12.0. The van der Waals surface area contributed by atoms with Crippen LogP contribution in [0.5, 0.6) is 5.75 Å². The van der Waals surface area contributed by atoms with E-state index in [9.17, 15) is 19.2 Å². The van der Waals surface area contributed by atoms with E-state index < -0.39 is 0 Å². The van der Waals surface area contributed by atoms with Crippen LogP contribution in [0.3, 0.4) is 0 Å². The summed E-state index contributed by atoms with van der Waals surface area (Å²) in [5.74, 6) is -1.29. The fraction of sp³-hybridized carbons (Fsp3) is 0.333. The number of amides is 4. The van der Waals surface area contributed by atoms with Crippen LogP contribution in [0.1, 0.15) is 25.7 Å². The number of hydrogen-bond donors (Lipinski definition) is 0. The summed E-state index contributed by atoms with van der Waals surface area (Å²) in [6, 6.07) is 5.81. The van der Waals surface area contributed by atoms with E-state index in [1.165, 1.54) is 19.2 Å². The minimum atomic E-state index is -0.386. The first-order valence-electron chi connectivity index (χ1n) is 6.85. The van der Waals surface area contributed by atoms with Crippen molar-refractivity contribution in [2.24, 2.45) is 0 Å². The van der Waals surface area contributed by atoms with Gasteiger partial charge < -0.3 is 4.74 Å². The smallest absolute Gasteiger partial charge is 0.234 e. The molecule has 1 aromatic carbocycles. The van der Waals surface area contributed by atoms with Gasteiger partial charge in [-0.25, -0.2) is 9.80 Å². The number of carbonyl (C=O) groups is 4. The Morgan fingerprint density at radius 3 is 1.91 bits per heavy atom. The topological polar surface area (TPSA) is 84.0 Å². The molecule has 1 radical (unpaired) electrons. The second-order valence-electron chi connectivity index (χ2n) is 4.99. The van der Waals surface area contributed by atoms with Crippen molar-refractivity contribution in [1.29, 1.82) is 0 Å². The summed E-state index contributed by atoms with van der Waals surface area (Å²) < 4.78 is 5.21. The second-order valence-corrected chi connectivity index (χ2v) is 4.99. The van der Waals surface area contributed by atoms with Gasteiger partial charge in [0, 0.05) is 31.7 Å². The number of ether oxygens (including phenoxy) is 1. The van der Waals surface area contributed by atoms with Crippen molar-refractivity contribution in [3.05, 3.63) is 18.2 Å². The lowest BCUT2D eigenvalue weighted by Gasteiger charge is -2.24. The molecule has 7 nitrogen and oxygen atoms in total. The summed E-state index contributed by atoms with van der Waals surface area (Å²) in [5.41, 5.74) is 0.205. The van der Waals surface area contributed by atoms with Gasteiger partial charge in [-0.3, -0.25) is 19.2 Å². The van der Waals surface area contributed by atoms with E-state index in [0.717, 1.165) is 9.80 Å². The lowest BCUT2D eigenvalue weighted by Crippen LogP contribution is -2.34. The number of benzene rings is 1. The zero-order valence-corrected chi connectivity index (χ0v) is 11.9. The summed E-state index contributed by atoms with van der Waals surface area (Å²) in [6.07, 6.45) is 0.396. The molecule has 0 spiro atoms. The number of anilines is 2. The summed E-state index contributed by atoms with van der Waals surface area (Å²) in [7, 11) is 1.39. The van der Waals surface area contributed by atoms with Gasteiger partial charge in [-0.1, -0.05) is 0 Å². The summed E-state index contributed by atoms with van der Waals surface area (Å²) >= 11 is 0. The van der Waals surface area contributed by atoms with Gasteiger partial charge in [0.05, 0.1) is 12.8 Å². The van der Waals surface area contributed by atoms with Crippen LogP contribution in [-0.2, 0) is 19.2 Å². The third kappa shape index (κ3) is 2.05. The van der Waals surface area contributed by atoms with Crippen molar-refractivity contribution in [1.82, 2.24) is 0 Å². The first kappa shape index (κ1) is 14.2. The summed E-state index contributed by atoms with van der Waals surface area (Å²) in [5, 5.41) is 0. The molecule has 0 aliphatic carbocycles. The number of hydrogen-bond acceptors (Lipinski definition) is 5. The molecule has 0 saturated carbocycles. The average molecular weight is 301 g/mol. The van der Waals surface area contributed by atoms with Crippen LogP contribution in [0, 0.1) is 6.07 Å². The van der Waals surface area contributed by atoms with Crippen molar-refractivity contribution in [2.75, 3.05) is 16.9 Å². The Balaban J connectivity index is 2.19. The highest BCUT2D eigenvalue weighted by Crippen LogP contribution is 2.41. The molecule has 2 heterocycles. The van der Waals surface area contributed by atoms with Gasteiger partial charge in [0.15, 0.2) is 0 Å². The Hall–Kier alpha value is -2.70. The first-order valence-corrected chi connectivity index (χ1v) is 6.85. The fourth-order valence-corrected chi connectivity index (χ4v) is 2.66. The molecule has 0 bridgehead atoms. The zero-order valence-electron chi connectivity index (χ0n) is 11.9. The van der Waals surface area contributed by atoms with Gasteiger partial charge in [-0.2, -0.15) is 0 Å². The fourth-order valence-electron chi connectivity index (χ4n) is 2.66. The third-order valence-electron chi connectivity index (χ3n) is 3.68. The zero-order chi connectivity index (χ0) is 15.9. The quantitative estimate of drug-likeness (QED) is 0.771. The molecule has 4 amide bonds. The van der Waals surface area contributed by atoms with E-state index in [2.05, 4.69) is 6.07 Å². The SMILES string of the molecule is COc1cc[c]c(N2C(=O)CCC2=O)c1N1C(=O)CCC1=O. The molecule has 3 rings (SSSR count). The number of rotatable bonds is 3. The van der Waals surface area contributed by atoms with E-state index in [1.54, 1.807) is 0 Å². The van der Waals surface area contributed by atoms with Crippen LogP contribution in [0.15, 0.2) is 12.1 Å². The molecule has 22 heavy (non-hydrogen) atoms. The third-order valence-corrected chi connectivity index (χ3v) is 3.68. The molecule has 0 aromatic heterocycles. The molecule has 2 saturated heterocycles. The van der Waals surface area contributed by atoms with Crippen LogP contribution < -0.4 is 14.5 Å². The van der Waals surface area contributed by atoms with Crippen molar-refractivity contribution in [2.45, 2.75) is 25.7 Å². The van der Waals surface area contributed by atoms with Gasteiger partial charge in [0.2, 0.25) is 23.6 Å². The van der Waals surface area contributed by atoms with Crippen LogP contribution >= 0.6 is 0 Å². The average Bonchev–Trinajstić information content (AvgIpc) is 3.01. The molecule has 2 aliphatic rings. The predicted octanol–water partition coefficient (Wildman–Crippen LogP) is 0.802. The maximum Gasteiger partial charge on any atom is 0.234 e. The number of imide groups is 2. The molecular weight excluding hydrogens is 288 g/mol. The molecule has 2 fully saturated rings. The second kappa shape index (κ2) is 5.25. The van der Waals surface area contributed by atoms with Crippen molar-refractivity contribution >= 4 is 35.0 Å². The van der Waals surface area contributed by atoms with Crippen LogP contribution in [0.2, 0.25) is 0 Å². The van der Waals surface area contributed by atoms with E-state index >= 15 is 0 Å². The lowest BCUT2D eigenvalue weighted by molar-refractivity contribution is -0.123. The minimum absolute atomic E-state index is 0.0930. The molecule has 1 aromatic rings. The standard InChI is InChI=1S/C15H13N2O5/c1-22-10-4-2-3-9(16-11(18)5-6-12(16)19)15(10)17-13(20)7-8-14(17)21/h2,4H,5-8H2,1H3. The Morgan fingerprint density at radius 2 is 1.41 bits per heavy atom. The molecule has 0 atom stereocenters. The maximum absolute atomic E-state index is 12.0. The van der Waals surface area contributed by atoms with Gasteiger partial charge in [0.25, 0.3) is 0 Å². The van der Waals surface area contributed by atoms with Gasteiger partial charge in [-0.05, 0) is 12.1 Å².